The Morgan fingerprint density at radius 1 is 1.70 bits per heavy atom. The van der Waals surface area contributed by atoms with Crippen LogP contribution in [0.2, 0.25) is 0 Å². The summed E-state index contributed by atoms with van der Waals surface area (Å²) in [4.78, 5) is 2.96. The standard InChI is InChI=1S/C7H12N2S/c8-7(2-4-10)6-1-3-9-5-6/h1,3,5,7,9-10H,2,4,8H2. The number of aromatic amines is 1. The van der Waals surface area contributed by atoms with Crippen molar-refractivity contribution < 1.29 is 0 Å². The molecule has 3 N–H and O–H groups in total. The number of nitrogens with one attached hydrogen (secondary N) is 1. The Balaban J connectivity index is 2.50. The number of rotatable bonds is 3. The molecule has 0 aromatic carbocycles. The molecule has 2 nitrogen and oxygen atoms in total. The molecule has 0 fully saturated rings. The van der Waals surface area contributed by atoms with E-state index in [0.717, 1.165) is 17.7 Å². The molecule has 10 heavy (non-hydrogen) atoms. The molecule has 1 heterocycles. The van der Waals surface area contributed by atoms with Gasteiger partial charge >= 0.3 is 0 Å². The molecule has 1 aromatic rings. The van der Waals surface area contributed by atoms with Crippen LogP contribution in [0.4, 0.5) is 0 Å². The van der Waals surface area contributed by atoms with E-state index in [9.17, 15) is 0 Å². The van der Waals surface area contributed by atoms with Crippen LogP contribution in [0.1, 0.15) is 18.0 Å². The average molecular weight is 156 g/mol. The molecule has 0 saturated carbocycles. The van der Waals surface area contributed by atoms with Gasteiger partial charge in [-0.3, -0.25) is 0 Å². The Bertz CT molecular complexity index is 172. The molecule has 1 rings (SSSR count). The van der Waals surface area contributed by atoms with Gasteiger partial charge in [0.2, 0.25) is 0 Å². The largest absolute Gasteiger partial charge is 0.367 e. The Morgan fingerprint density at radius 3 is 3.00 bits per heavy atom. The Kier molecular flexibility index (Phi) is 2.83. The summed E-state index contributed by atoms with van der Waals surface area (Å²) >= 11 is 4.10. The first-order valence-electron chi connectivity index (χ1n) is 3.33. The first-order chi connectivity index (χ1) is 4.84. The lowest BCUT2D eigenvalue weighted by atomic mass is 10.1. The first-order valence-corrected chi connectivity index (χ1v) is 3.97. The van der Waals surface area contributed by atoms with E-state index in [4.69, 9.17) is 5.73 Å². The van der Waals surface area contributed by atoms with Crippen LogP contribution in [-0.4, -0.2) is 10.7 Å². The maximum Gasteiger partial charge on any atom is 0.0317 e. The lowest BCUT2D eigenvalue weighted by Crippen LogP contribution is -2.09. The van der Waals surface area contributed by atoms with Crippen molar-refractivity contribution in [3.8, 4) is 0 Å². The Hall–Kier alpha value is -0.410. The van der Waals surface area contributed by atoms with E-state index >= 15 is 0 Å². The predicted octanol–water partition coefficient (Wildman–Crippen LogP) is 1.33. The third-order valence-corrected chi connectivity index (χ3v) is 1.75. The third kappa shape index (κ3) is 1.78. The zero-order valence-corrected chi connectivity index (χ0v) is 6.64. The summed E-state index contributed by atoms with van der Waals surface area (Å²) in [6.45, 7) is 0. The molecule has 0 spiro atoms. The molecule has 1 unspecified atom stereocenters. The number of H-pyrrole nitrogens is 1. The predicted molar refractivity (Wildman–Crippen MR) is 46.2 cm³/mol. The fourth-order valence-corrected chi connectivity index (χ4v) is 1.15. The van der Waals surface area contributed by atoms with E-state index in [1.54, 1.807) is 0 Å². The summed E-state index contributed by atoms with van der Waals surface area (Å²) < 4.78 is 0. The molecule has 0 aliphatic heterocycles. The summed E-state index contributed by atoms with van der Waals surface area (Å²) in [5, 5.41) is 0. The number of thiol groups is 1. The highest BCUT2D eigenvalue weighted by atomic mass is 32.1. The third-order valence-electron chi connectivity index (χ3n) is 1.49. The molecule has 0 aliphatic carbocycles. The van der Waals surface area contributed by atoms with Crippen molar-refractivity contribution in [3.05, 3.63) is 24.0 Å². The van der Waals surface area contributed by atoms with Crippen molar-refractivity contribution in [2.45, 2.75) is 12.5 Å². The van der Waals surface area contributed by atoms with Crippen molar-refractivity contribution in [1.29, 1.82) is 0 Å². The average Bonchev–Trinajstić information content (AvgIpc) is 2.38. The van der Waals surface area contributed by atoms with Gasteiger partial charge in [0, 0.05) is 18.4 Å². The Labute approximate surface area is 66.2 Å². The molecule has 0 saturated heterocycles. The SMILES string of the molecule is NC(CCS)c1cc[nH]c1. The van der Waals surface area contributed by atoms with Crippen LogP contribution in [0.15, 0.2) is 18.5 Å². The maximum absolute atomic E-state index is 5.78. The van der Waals surface area contributed by atoms with Crippen molar-refractivity contribution in [3.63, 3.8) is 0 Å². The number of hydrogen-bond donors (Lipinski definition) is 3. The van der Waals surface area contributed by atoms with Gasteiger partial charge in [0.05, 0.1) is 0 Å². The Morgan fingerprint density at radius 2 is 2.50 bits per heavy atom. The monoisotopic (exact) mass is 156 g/mol. The molecule has 1 atom stereocenters. The fourth-order valence-electron chi connectivity index (χ4n) is 0.873. The summed E-state index contributed by atoms with van der Waals surface area (Å²) in [6.07, 6.45) is 4.74. The summed E-state index contributed by atoms with van der Waals surface area (Å²) in [6, 6.07) is 2.14. The van der Waals surface area contributed by atoms with Crippen LogP contribution in [0, 0.1) is 0 Å². The zero-order chi connectivity index (χ0) is 7.40. The minimum atomic E-state index is 0.142. The molecule has 0 radical (unpaired) electrons. The topological polar surface area (TPSA) is 41.8 Å². The lowest BCUT2D eigenvalue weighted by molar-refractivity contribution is 0.707. The van der Waals surface area contributed by atoms with Gasteiger partial charge in [-0.2, -0.15) is 12.6 Å². The van der Waals surface area contributed by atoms with E-state index in [1.165, 1.54) is 0 Å². The van der Waals surface area contributed by atoms with Crippen molar-refractivity contribution >= 4 is 12.6 Å². The second kappa shape index (κ2) is 3.68. The van der Waals surface area contributed by atoms with Crippen LogP contribution in [0.25, 0.3) is 0 Å². The number of hydrogen-bond acceptors (Lipinski definition) is 2. The van der Waals surface area contributed by atoms with Gasteiger partial charge in [-0.1, -0.05) is 0 Å². The van der Waals surface area contributed by atoms with Crippen LogP contribution in [-0.2, 0) is 0 Å². The molecule has 56 valence electrons. The summed E-state index contributed by atoms with van der Waals surface area (Å²) in [5.74, 6) is 0.840. The van der Waals surface area contributed by atoms with E-state index in [1.807, 2.05) is 18.5 Å². The number of aromatic nitrogens is 1. The van der Waals surface area contributed by atoms with E-state index in [2.05, 4.69) is 17.6 Å². The normalized spacial score (nSPS) is 13.4. The second-order valence-electron chi connectivity index (χ2n) is 2.26. The molecule has 3 heteroatoms. The molecule has 0 amide bonds. The smallest absolute Gasteiger partial charge is 0.0317 e. The van der Waals surface area contributed by atoms with Gasteiger partial charge in [-0.25, -0.2) is 0 Å². The van der Waals surface area contributed by atoms with Crippen LogP contribution < -0.4 is 5.73 Å². The van der Waals surface area contributed by atoms with E-state index in [-0.39, 0.29) is 6.04 Å². The highest BCUT2D eigenvalue weighted by Gasteiger charge is 2.02. The van der Waals surface area contributed by atoms with Gasteiger partial charge < -0.3 is 10.7 Å². The van der Waals surface area contributed by atoms with Gasteiger partial charge in [-0.15, -0.1) is 0 Å². The summed E-state index contributed by atoms with van der Waals surface area (Å²) in [7, 11) is 0. The molecule has 0 bridgehead atoms. The van der Waals surface area contributed by atoms with Gasteiger partial charge in [-0.05, 0) is 23.8 Å². The molecular weight excluding hydrogens is 144 g/mol. The van der Waals surface area contributed by atoms with Crippen LogP contribution >= 0.6 is 12.6 Å². The minimum Gasteiger partial charge on any atom is -0.367 e. The quantitative estimate of drug-likeness (QED) is 0.568. The van der Waals surface area contributed by atoms with Gasteiger partial charge in [0.1, 0.15) is 0 Å². The fraction of sp³-hybridized carbons (Fsp3) is 0.429. The van der Waals surface area contributed by atoms with Crippen molar-refractivity contribution in [1.82, 2.24) is 4.98 Å². The van der Waals surface area contributed by atoms with Crippen LogP contribution in [0.5, 0.6) is 0 Å². The van der Waals surface area contributed by atoms with Gasteiger partial charge in [0.25, 0.3) is 0 Å². The van der Waals surface area contributed by atoms with Crippen LogP contribution in [0.3, 0.4) is 0 Å². The van der Waals surface area contributed by atoms with Crippen molar-refractivity contribution in [2.75, 3.05) is 5.75 Å². The van der Waals surface area contributed by atoms with E-state index < -0.39 is 0 Å². The van der Waals surface area contributed by atoms with E-state index in [0.29, 0.717) is 0 Å². The molecule has 1 aromatic heterocycles. The van der Waals surface area contributed by atoms with Crippen molar-refractivity contribution in [2.24, 2.45) is 5.73 Å². The summed E-state index contributed by atoms with van der Waals surface area (Å²) in [5.41, 5.74) is 6.94. The molecular formula is C7H12N2S. The minimum absolute atomic E-state index is 0.142. The maximum atomic E-state index is 5.78. The lowest BCUT2D eigenvalue weighted by Gasteiger charge is -2.05. The second-order valence-corrected chi connectivity index (χ2v) is 2.71. The number of nitrogens with two attached hydrogens (primary N) is 1. The van der Waals surface area contributed by atoms with Gasteiger partial charge in [0.15, 0.2) is 0 Å². The highest BCUT2D eigenvalue weighted by molar-refractivity contribution is 7.80. The molecule has 0 aliphatic rings. The first kappa shape index (κ1) is 7.69. The zero-order valence-electron chi connectivity index (χ0n) is 5.75. The highest BCUT2D eigenvalue weighted by Crippen LogP contribution is 2.12.